The Kier molecular flexibility index (Phi) is 7.06. The maximum atomic E-state index is 12.4. The van der Waals surface area contributed by atoms with Crippen LogP contribution in [0.3, 0.4) is 0 Å². The van der Waals surface area contributed by atoms with E-state index in [4.69, 9.17) is 21.1 Å². The van der Waals surface area contributed by atoms with Crippen LogP contribution in [-0.4, -0.2) is 34.6 Å². The van der Waals surface area contributed by atoms with Crippen LogP contribution < -0.4 is 19.5 Å². The second-order valence-electron chi connectivity index (χ2n) is 5.71. The lowest BCUT2D eigenvalue weighted by molar-refractivity contribution is -0.122. The molecule has 0 heterocycles. The van der Waals surface area contributed by atoms with Crippen LogP contribution in [0.4, 0.5) is 0 Å². The van der Waals surface area contributed by atoms with Crippen molar-refractivity contribution < 1.29 is 22.7 Å². The molecule has 0 fully saturated rings. The summed E-state index contributed by atoms with van der Waals surface area (Å²) in [7, 11) is -0.908. The molecule has 2 rings (SSSR count). The minimum atomic E-state index is -3.91. The maximum absolute atomic E-state index is 12.4. The van der Waals surface area contributed by atoms with Crippen LogP contribution in [0.25, 0.3) is 0 Å². The topological polar surface area (TPSA) is 93.7 Å². The Morgan fingerprint density at radius 1 is 1.11 bits per heavy atom. The predicted octanol–water partition coefficient (Wildman–Crippen LogP) is 2.34. The highest BCUT2D eigenvalue weighted by molar-refractivity contribution is 7.89. The van der Waals surface area contributed by atoms with E-state index in [1.807, 2.05) is 12.1 Å². The Labute approximate surface area is 163 Å². The number of carbonyl (C=O) groups is 1. The van der Waals surface area contributed by atoms with Gasteiger partial charge in [-0.3, -0.25) is 4.79 Å². The lowest BCUT2D eigenvalue weighted by atomic mass is 10.2. The summed E-state index contributed by atoms with van der Waals surface area (Å²) in [5.74, 6) is 0.624. The van der Waals surface area contributed by atoms with Crippen LogP contribution in [0, 0.1) is 0 Å². The maximum Gasteiger partial charge on any atom is 0.241 e. The van der Waals surface area contributed by atoms with E-state index in [1.165, 1.54) is 32.2 Å². The van der Waals surface area contributed by atoms with E-state index in [0.29, 0.717) is 11.5 Å². The van der Waals surface area contributed by atoms with Gasteiger partial charge < -0.3 is 14.8 Å². The molecule has 2 N–H and O–H groups in total. The molecule has 2 aromatic carbocycles. The molecule has 0 aromatic heterocycles. The summed E-state index contributed by atoms with van der Waals surface area (Å²) in [4.78, 5) is 12.2. The SMILES string of the molecule is COc1ccc(CNC(=O)[C@H](C)NS(=O)(=O)c2ccc(OC)c(Cl)c2)cc1. The molecule has 0 saturated carbocycles. The quantitative estimate of drug-likeness (QED) is 0.694. The molecular formula is C18H21ClN2O5S. The summed E-state index contributed by atoms with van der Waals surface area (Å²) in [6.07, 6.45) is 0. The number of amides is 1. The minimum Gasteiger partial charge on any atom is -0.497 e. The van der Waals surface area contributed by atoms with Gasteiger partial charge in [-0.05, 0) is 42.8 Å². The molecule has 0 aliphatic heterocycles. The fourth-order valence-corrected chi connectivity index (χ4v) is 3.81. The average molecular weight is 413 g/mol. The van der Waals surface area contributed by atoms with Crippen molar-refractivity contribution in [1.29, 1.82) is 0 Å². The number of methoxy groups -OCH3 is 2. The zero-order valence-corrected chi connectivity index (χ0v) is 16.7. The Bertz CT molecular complexity index is 900. The highest BCUT2D eigenvalue weighted by Crippen LogP contribution is 2.26. The van der Waals surface area contributed by atoms with Crippen molar-refractivity contribution in [2.24, 2.45) is 0 Å². The summed E-state index contributed by atoms with van der Waals surface area (Å²) in [6.45, 7) is 1.73. The highest BCUT2D eigenvalue weighted by atomic mass is 35.5. The van der Waals surface area contributed by atoms with E-state index < -0.39 is 22.0 Å². The Hall–Kier alpha value is -2.29. The molecule has 7 nitrogen and oxygen atoms in total. The number of ether oxygens (including phenoxy) is 2. The van der Waals surface area contributed by atoms with Crippen LogP contribution >= 0.6 is 11.6 Å². The van der Waals surface area contributed by atoms with Gasteiger partial charge in [0, 0.05) is 6.54 Å². The summed E-state index contributed by atoms with van der Waals surface area (Å²) in [5, 5.41) is 2.85. The van der Waals surface area contributed by atoms with Gasteiger partial charge in [0.05, 0.1) is 30.2 Å². The van der Waals surface area contributed by atoms with Gasteiger partial charge in [-0.25, -0.2) is 8.42 Å². The number of benzene rings is 2. The Morgan fingerprint density at radius 2 is 1.78 bits per heavy atom. The van der Waals surface area contributed by atoms with Gasteiger partial charge in [0.2, 0.25) is 15.9 Å². The van der Waals surface area contributed by atoms with E-state index in [-0.39, 0.29) is 16.5 Å². The molecular weight excluding hydrogens is 392 g/mol. The van der Waals surface area contributed by atoms with Gasteiger partial charge in [-0.2, -0.15) is 4.72 Å². The first kappa shape index (κ1) is 21.0. The fourth-order valence-electron chi connectivity index (χ4n) is 2.25. The lowest BCUT2D eigenvalue weighted by Gasteiger charge is -2.15. The largest absolute Gasteiger partial charge is 0.497 e. The van der Waals surface area contributed by atoms with Crippen molar-refractivity contribution >= 4 is 27.5 Å². The third kappa shape index (κ3) is 5.59. The number of sulfonamides is 1. The fraction of sp³-hybridized carbons (Fsp3) is 0.278. The summed E-state index contributed by atoms with van der Waals surface area (Å²) in [6, 6.07) is 10.3. The monoisotopic (exact) mass is 412 g/mol. The Balaban J connectivity index is 1.98. The van der Waals surface area contributed by atoms with Crippen molar-refractivity contribution in [3.05, 3.63) is 53.1 Å². The molecule has 0 bridgehead atoms. The van der Waals surface area contributed by atoms with E-state index in [1.54, 1.807) is 19.2 Å². The van der Waals surface area contributed by atoms with Crippen LogP contribution in [0.1, 0.15) is 12.5 Å². The van der Waals surface area contributed by atoms with Crippen molar-refractivity contribution in [1.82, 2.24) is 10.0 Å². The lowest BCUT2D eigenvalue weighted by Crippen LogP contribution is -2.44. The van der Waals surface area contributed by atoms with Gasteiger partial charge >= 0.3 is 0 Å². The third-order valence-electron chi connectivity index (χ3n) is 3.78. The van der Waals surface area contributed by atoms with E-state index in [2.05, 4.69) is 10.0 Å². The zero-order valence-electron chi connectivity index (χ0n) is 15.2. The number of hydrogen-bond acceptors (Lipinski definition) is 5. The number of nitrogens with one attached hydrogen (secondary N) is 2. The second-order valence-corrected chi connectivity index (χ2v) is 7.83. The highest BCUT2D eigenvalue weighted by Gasteiger charge is 2.22. The van der Waals surface area contributed by atoms with Crippen LogP contribution in [0.5, 0.6) is 11.5 Å². The first-order valence-electron chi connectivity index (χ1n) is 8.03. The number of carbonyl (C=O) groups excluding carboxylic acids is 1. The molecule has 9 heteroatoms. The summed E-state index contributed by atoms with van der Waals surface area (Å²) < 4.78 is 37.3. The van der Waals surface area contributed by atoms with Crippen LogP contribution in [-0.2, 0) is 21.4 Å². The summed E-state index contributed by atoms with van der Waals surface area (Å²) in [5.41, 5.74) is 0.862. The smallest absolute Gasteiger partial charge is 0.241 e. The number of halogens is 1. The zero-order chi connectivity index (χ0) is 20.0. The first-order valence-corrected chi connectivity index (χ1v) is 9.89. The van der Waals surface area contributed by atoms with Crippen molar-refractivity contribution in [3.63, 3.8) is 0 Å². The molecule has 1 atom stereocenters. The molecule has 0 radical (unpaired) electrons. The van der Waals surface area contributed by atoms with Crippen molar-refractivity contribution in [3.8, 4) is 11.5 Å². The third-order valence-corrected chi connectivity index (χ3v) is 5.62. The van der Waals surface area contributed by atoms with Crippen LogP contribution in [0.15, 0.2) is 47.4 Å². The van der Waals surface area contributed by atoms with E-state index in [9.17, 15) is 13.2 Å². The molecule has 0 saturated heterocycles. The second kappa shape index (κ2) is 9.07. The van der Waals surface area contributed by atoms with E-state index in [0.717, 1.165) is 5.56 Å². The average Bonchev–Trinajstić information content (AvgIpc) is 2.66. The molecule has 0 unspecified atom stereocenters. The molecule has 2 aromatic rings. The minimum absolute atomic E-state index is 0.0527. The van der Waals surface area contributed by atoms with Crippen molar-refractivity contribution in [2.45, 2.75) is 24.4 Å². The molecule has 0 aliphatic carbocycles. The van der Waals surface area contributed by atoms with Gasteiger partial charge in [-0.15, -0.1) is 0 Å². The number of rotatable bonds is 8. The van der Waals surface area contributed by atoms with Gasteiger partial charge in [0.1, 0.15) is 11.5 Å². The molecule has 27 heavy (non-hydrogen) atoms. The van der Waals surface area contributed by atoms with Gasteiger partial charge in [-0.1, -0.05) is 23.7 Å². The summed E-state index contributed by atoms with van der Waals surface area (Å²) >= 11 is 5.97. The molecule has 1 amide bonds. The normalized spacial score (nSPS) is 12.3. The molecule has 146 valence electrons. The Morgan fingerprint density at radius 3 is 2.33 bits per heavy atom. The van der Waals surface area contributed by atoms with E-state index >= 15 is 0 Å². The van der Waals surface area contributed by atoms with Crippen molar-refractivity contribution in [2.75, 3.05) is 14.2 Å². The van der Waals surface area contributed by atoms with Crippen LogP contribution in [0.2, 0.25) is 5.02 Å². The number of hydrogen-bond donors (Lipinski definition) is 2. The van der Waals surface area contributed by atoms with Gasteiger partial charge in [0.25, 0.3) is 0 Å². The standard InChI is InChI=1S/C18H21ClN2O5S/c1-12(18(22)20-11-13-4-6-14(25-2)7-5-13)21-27(23,24)15-8-9-17(26-3)16(19)10-15/h4-10,12,21H,11H2,1-3H3,(H,20,22)/t12-/m0/s1. The van der Waals surface area contributed by atoms with Gasteiger partial charge in [0.15, 0.2) is 0 Å². The molecule has 0 aliphatic rings. The first-order chi connectivity index (χ1) is 12.8. The predicted molar refractivity (Wildman–Crippen MR) is 103 cm³/mol. The molecule has 0 spiro atoms.